The van der Waals surface area contributed by atoms with Gasteiger partial charge in [-0.3, -0.25) is 25.2 Å². The van der Waals surface area contributed by atoms with Crippen LogP contribution in [0.1, 0.15) is 48.9 Å². The Morgan fingerprint density at radius 3 is 2.43 bits per heavy atom. The molecule has 4 aliphatic rings. The Morgan fingerprint density at radius 2 is 1.79 bits per heavy atom. The van der Waals surface area contributed by atoms with Gasteiger partial charge in [-0.15, -0.1) is 0 Å². The summed E-state index contributed by atoms with van der Waals surface area (Å²) in [6.07, 6.45) is 5.76. The molecule has 5 rings (SSSR count). The van der Waals surface area contributed by atoms with Gasteiger partial charge in [-0.1, -0.05) is 28.1 Å². The van der Waals surface area contributed by atoms with Crippen molar-refractivity contribution in [1.29, 1.82) is 0 Å². The fourth-order valence-electron chi connectivity index (χ4n) is 5.55. The monoisotopic (exact) mass is 452 g/mol. The van der Waals surface area contributed by atoms with Crippen molar-refractivity contribution in [2.75, 3.05) is 6.61 Å². The highest BCUT2D eigenvalue weighted by molar-refractivity contribution is 9.10. The van der Waals surface area contributed by atoms with E-state index in [-0.39, 0.29) is 15.9 Å². The van der Waals surface area contributed by atoms with E-state index in [0.717, 1.165) is 38.2 Å². The summed E-state index contributed by atoms with van der Waals surface area (Å²) >= 11 is 3.84. The Hall–Kier alpha value is -1.96. The summed E-state index contributed by atoms with van der Waals surface area (Å²) in [5.41, 5.74) is 3.59. The van der Waals surface area contributed by atoms with Crippen molar-refractivity contribution in [2.45, 2.75) is 42.8 Å². The van der Waals surface area contributed by atoms with Gasteiger partial charge in [0.05, 0.1) is 11.0 Å². The highest BCUT2D eigenvalue weighted by atomic mass is 79.9. The zero-order valence-corrected chi connectivity index (χ0v) is 16.9. The summed E-state index contributed by atoms with van der Waals surface area (Å²) in [5.74, 6) is -1.41. The van der Waals surface area contributed by atoms with Crippen LogP contribution >= 0.6 is 15.9 Å². The average molecular weight is 453 g/mol. The largest absolute Gasteiger partial charge is 0.455 e. The number of hydrazine groups is 1. The van der Waals surface area contributed by atoms with Crippen LogP contribution in [0.2, 0.25) is 0 Å². The van der Waals surface area contributed by atoms with Crippen LogP contribution < -0.4 is 10.9 Å². The van der Waals surface area contributed by atoms with Crippen LogP contribution in [0.5, 0.6) is 0 Å². The molecule has 150 valence electrons. The minimum atomic E-state index is -0.778. The molecule has 0 saturated heterocycles. The number of alkyl halides is 1. The lowest BCUT2D eigenvalue weighted by atomic mass is 9.49. The van der Waals surface area contributed by atoms with Gasteiger partial charge in [0.15, 0.2) is 6.61 Å². The van der Waals surface area contributed by atoms with Crippen LogP contribution in [0.15, 0.2) is 24.3 Å². The first-order valence-corrected chi connectivity index (χ1v) is 10.3. The number of rotatable bonds is 4. The first-order valence-electron chi connectivity index (χ1n) is 9.48. The summed E-state index contributed by atoms with van der Waals surface area (Å²) in [7, 11) is 0. The number of esters is 1. The van der Waals surface area contributed by atoms with Crippen LogP contribution in [-0.4, -0.2) is 28.7 Å². The minimum Gasteiger partial charge on any atom is -0.455 e. The van der Waals surface area contributed by atoms with Gasteiger partial charge in [0, 0.05) is 4.32 Å². The van der Waals surface area contributed by atoms with E-state index in [1.807, 2.05) is 0 Å². The smallest absolute Gasteiger partial charge is 0.312 e. The van der Waals surface area contributed by atoms with Crippen molar-refractivity contribution < 1.29 is 23.5 Å². The summed E-state index contributed by atoms with van der Waals surface area (Å²) < 4.78 is 18.9. The van der Waals surface area contributed by atoms with Gasteiger partial charge in [0.25, 0.3) is 11.8 Å². The van der Waals surface area contributed by atoms with Crippen molar-refractivity contribution in [3.8, 4) is 0 Å². The Kier molecular flexibility index (Phi) is 4.93. The maximum atomic E-state index is 13.6. The lowest BCUT2D eigenvalue weighted by Crippen LogP contribution is -2.56. The van der Waals surface area contributed by atoms with Gasteiger partial charge in [-0.25, -0.2) is 4.39 Å². The molecule has 6 nitrogen and oxygen atoms in total. The van der Waals surface area contributed by atoms with E-state index in [0.29, 0.717) is 11.8 Å². The van der Waals surface area contributed by atoms with Crippen molar-refractivity contribution in [3.05, 3.63) is 35.6 Å². The Morgan fingerprint density at radius 1 is 1.11 bits per heavy atom. The first kappa shape index (κ1) is 19.4. The fraction of sp³-hybridized carbons (Fsp3) is 0.550. The number of hydrogen-bond acceptors (Lipinski definition) is 4. The van der Waals surface area contributed by atoms with E-state index in [2.05, 4.69) is 26.8 Å². The molecule has 8 heteroatoms. The molecule has 0 aliphatic heterocycles. The molecule has 2 unspecified atom stereocenters. The van der Waals surface area contributed by atoms with E-state index in [1.54, 1.807) is 0 Å². The minimum absolute atomic E-state index is 0.0199. The van der Waals surface area contributed by atoms with Crippen LogP contribution in [-0.2, 0) is 14.3 Å². The number of carbonyl (C=O) groups is 3. The lowest BCUT2D eigenvalue weighted by Gasteiger charge is -2.58. The highest BCUT2D eigenvalue weighted by Crippen LogP contribution is 2.64. The Bertz CT molecular complexity index is 816. The summed E-state index contributed by atoms with van der Waals surface area (Å²) in [6, 6.07) is 5.44. The number of hydrogen-bond donors (Lipinski definition) is 2. The van der Waals surface area contributed by atoms with Gasteiger partial charge in [0.1, 0.15) is 5.82 Å². The second-order valence-corrected chi connectivity index (χ2v) is 10.1. The SMILES string of the molecule is O=C(COC(=O)C12CC3CC(CC(Br)(C3)C1)C2)NNC(=O)c1ccccc1F. The topological polar surface area (TPSA) is 84.5 Å². The second kappa shape index (κ2) is 7.13. The predicted molar refractivity (Wildman–Crippen MR) is 102 cm³/mol. The molecule has 2 N–H and O–H groups in total. The Labute approximate surface area is 170 Å². The third-order valence-corrected chi connectivity index (χ3v) is 7.12. The number of nitrogens with one attached hydrogen (secondary N) is 2. The van der Waals surface area contributed by atoms with E-state index < -0.39 is 29.7 Å². The molecule has 2 atom stereocenters. The van der Waals surface area contributed by atoms with E-state index >= 15 is 0 Å². The van der Waals surface area contributed by atoms with Crippen LogP contribution in [0.3, 0.4) is 0 Å². The standard InChI is InChI=1S/C20H22BrFN2O4/c21-20-8-12-5-13(9-20)7-19(6-12,11-20)18(27)28-10-16(25)23-24-17(26)14-3-1-2-4-15(14)22/h1-4,12-13H,5-11H2,(H,23,25)(H,24,26). The average Bonchev–Trinajstić information content (AvgIpc) is 2.62. The molecule has 28 heavy (non-hydrogen) atoms. The number of carbonyl (C=O) groups excluding carboxylic acids is 3. The molecule has 4 aliphatic carbocycles. The Balaban J connectivity index is 1.29. The predicted octanol–water partition coefficient (Wildman–Crippen LogP) is 2.86. The van der Waals surface area contributed by atoms with Gasteiger partial charge >= 0.3 is 5.97 Å². The second-order valence-electron chi connectivity index (χ2n) is 8.45. The first-order chi connectivity index (χ1) is 13.3. The number of benzene rings is 1. The number of ether oxygens (including phenoxy) is 1. The lowest BCUT2D eigenvalue weighted by molar-refractivity contribution is -0.171. The summed E-state index contributed by atoms with van der Waals surface area (Å²) in [6.45, 7) is -0.483. The van der Waals surface area contributed by atoms with Crippen molar-refractivity contribution in [1.82, 2.24) is 10.9 Å². The molecule has 0 spiro atoms. The van der Waals surface area contributed by atoms with Gasteiger partial charge in [-0.05, 0) is 62.5 Å². The molecule has 0 radical (unpaired) electrons. The van der Waals surface area contributed by atoms with Gasteiger partial charge in [-0.2, -0.15) is 0 Å². The van der Waals surface area contributed by atoms with Crippen LogP contribution in [0.25, 0.3) is 0 Å². The zero-order chi connectivity index (χ0) is 19.9. The van der Waals surface area contributed by atoms with Gasteiger partial charge in [0.2, 0.25) is 0 Å². The molecule has 1 aromatic carbocycles. The molecule has 4 saturated carbocycles. The number of amides is 2. The fourth-order valence-corrected chi connectivity index (χ4v) is 7.00. The number of halogens is 2. The van der Waals surface area contributed by atoms with Crippen LogP contribution in [0, 0.1) is 23.1 Å². The molecule has 2 amide bonds. The highest BCUT2D eigenvalue weighted by Gasteiger charge is 2.60. The third-order valence-electron chi connectivity index (χ3n) is 6.19. The summed E-state index contributed by atoms with van der Waals surface area (Å²) in [5, 5.41) is 0. The zero-order valence-electron chi connectivity index (χ0n) is 15.3. The van der Waals surface area contributed by atoms with Crippen molar-refractivity contribution in [3.63, 3.8) is 0 Å². The van der Waals surface area contributed by atoms with Crippen molar-refractivity contribution in [2.24, 2.45) is 17.3 Å². The molecule has 1 aromatic rings. The van der Waals surface area contributed by atoms with E-state index in [1.165, 1.54) is 24.6 Å². The normalized spacial score (nSPS) is 32.6. The molecule has 4 fully saturated rings. The maximum Gasteiger partial charge on any atom is 0.312 e. The van der Waals surface area contributed by atoms with Crippen molar-refractivity contribution >= 4 is 33.7 Å². The molecular formula is C20H22BrFN2O4. The quantitative estimate of drug-likeness (QED) is 0.417. The molecule has 4 bridgehead atoms. The third kappa shape index (κ3) is 3.66. The maximum absolute atomic E-state index is 13.6. The van der Waals surface area contributed by atoms with E-state index in [4.69, 9.17) is 4.74 Å². The molecule has 0 heterocycles. The molecule has 0 aromatic heterocycles. The van der Waals surface area contributed by atoms with E-state index in [9.17, 15) is 18.8 Å². The van der Waals surface area contributed by atoms with Crippen LogP contribution in [0.4, 0.5) is 4.39 Å². The summed E-state index contributed by atoms with van der Waals surface area (Å²) in [4.78, 5) is 36.6. The van der Waals surface area contributed by atoms with Gasteiger partial charge < -0.3 is 4.74 Å². The molecular weight excluding hydrogens is 431 g/mol.